The number of fused-ring (bicyclic) bond motifs is 1. The predicted octanol–water partition coefficient (Wildman–Crippen LogP) is 2.89. The van der Waals surface area contributed by atoms with Crippen molar-refractivity contribution in [3.8, 4) is 5.75 Å². The van der Waals surface area contributed by atoms with Crippen LogP contribution in [0.4, 0.5) is 11.6 Å². The summed E-state index contributed by atoms with van der Waals surface area (Å²) in [6.45, 7) is 7.55. The Bertz CT molecular complexity index is 1180. The van der Waals surface area contributed by atoms with Gasteiger partial charge >= 0.3 is 0 Å². The maximum absolute atomic E-state index is 6.57. The lowest BCUT2D eigenvalue weighted by Crippen LogP contribution is -2.36. The maximum atomic E-state index is 6.57. The molecule has 196 valence electrons. The highest BCUT2D eigenvalue weighted by Gasteiger charge is 2.25. The van der Waals surface area contributed by atoms with E-state index < -0.39 is 0 Å². The Balaban J connectivity index is 1.07. The van der Waals surface area contributed by atoms with Gasteiger partial charge in [-0.25, -0.2) is 15.0 Å². The summed E-state index contributed by atoms with van der Waals surface area (Å²) in [4.78, 5) is 23.1. The largest absolute Gasteiger partial charge is 0.488 e. The third-order valence-electron chi connectivity index (χ3n) is 7.40. The molecule has 1 saturated carbocycles. The fourth-order valence-electron chi connectivity index (χ4n) is 5.35. The van der Waals surface area contributed by atoms with Gasteiger partial charge in [-0.05, 0) is 37.8 Å². The Morgan fingerprint density at radius 1 is 0.865 bits per heavy atom. The Kier molecular flexibility index (Phi) is 7.57. The fourth-order valence-corrected chi connectivity index (χ4v) is 5.35. The molecule has 0 atom stereocenters. The van der Waals surface area contributed by atoms with Crippen LogP contribution >= 0.6 is 0 Å². The van der Waals surface area contributed by atoms with Gasteiger partial charge < -0.3 is 24.4 Å². The third kappa shape index (κ3) is 6.08. The van der Waals surface area contributed by atoms with Gasteiger partial charge in [0.05, 0.1) is 43.7 Å². The van der Waals surface area contributed by atoms with Gasteiger partial charge in [-0.1, -0.05) is 0 Å². The second kappa shape index (κ2) is 11.5. The molecule has 0 amide bonds. The van der Waals surface area contributed by atoms with Crippen LogP contribution in [0.3, 0.4) is 0 Å². The number of nitrogens with zero attached hydrogens (tertiary/aromatic N) is 6. The zero-order valence-corrected chi connectivity index (χ0v) is 21.2. The number of morpholine rings is 2. The summed E-state index contributed by atoms with van der Waals surface area (Å²) < 4.78 is 17.6. The summed E-state index contributed by atoms with van der Waals surface area (Å²) in [6.07, 6.45) is 9.43. The molecule has 1 N–H and O–H groups in total. The molecular formula is C27H35N7O3. The second-order valence-electron chi connectivity index (χ2n) is 9.96. The molecule has 2 aromatic heterocycles. The Hall–Kier alpha value is -3.08. The van der Waals surface area contributed by atoms with Gasteiger partial charge in [0, 0.05) is 69.1 Å². The van der Waals surface area contributed by atoms with Crippen LogP contribution < -0.4 is 15.0 Å². The molecule has 37 heavy (non-hydrogen) atoms. The molecule has 3 aliphatic rings. The van der Waals surface area contributed by atoms with Crippen LogP contribution in [-0.4, -0.2) is 89.6 Å². The monoisotopic (exact) mass is 505 g/mol. The van der Waals surface area contributed by atoms with Crippen molar-refractivity contribution in [1.82, 2.24) is 24.8 Å². The van der Waals surface area contributed by atoms with Gasteiger partial charge in [0.2, 0.25) is 5.95 Å². The molecule has 6 rings (SSSR count). The van der Waals surface area contributed by atoms with Gasteiger partial charge in [0.1, 0.15) is 11.3 Å². The van der Waals surface area contributed by atoms with Gasteiger partial charge in [0.25, 0.3) is 0 Å². The van der Waals surface area contributed by atoms with Crippen LogP contribution in [-0.2, 0) is 16.0 Å². The number of rotatable bonds is 7. The molecule has 3 fully saturated rings. The van der Waals surface area contributed by atoms with E-state index in [9.17, 15) is 0 Å². The van der Waals surface area contributed by atoms with E-state index in [2.05, 4.69) is 42.2 Å². The first-order valence-corrected chi connectivity index (χ1v) is 13.4. The number of benzene rings is 1. The van der Waals surface area contributed by atoms with E-state index in [1.807, 2.05) is 12.3 Å². The normalized spacial score (nSPS) is 23.2. The lowest BCUT2D eigenvalue weighted by Gasteiger charge is -2.31. The van der Waals surface area contributed by atoms with E-state index >= 15 is 0 Å². The topological polar surface area (TPSA) is 97.8 Å². The van der Waals surface area contributed by atoms with E-state index in [1.165, 1.54) is 0 Å². The molecule has 10 nitrogen and oxygen atoms in total. The quantitative estimate of drug-likeness (QED) is 0.516. The molecule has 0 unspecified atom stereocenters. The zero-order chi connectivity index (χ0) is 24.9. The van der Waals surface area contributed by atoms with Crippen LogP contribution in [0.15, 0.2) is 36.8 Å². The van der Waals surface area contributed by atoms with Crippen molar-refractivity contribution in [3.63, 3.8) is 0 Å². The summed E-state index contributed by atoms with van der Waals surface area (Å²) in [5.74, 6) is 1.54. The molecular weight excluding hydrogens is 470 g/mol. The van der Waals surface area contributed by atoms with E-state index in [-0.39, 0.29) is 6.10 Å². The van der Waals surface area contributed by atoms with Gasteiger partial charge in [0.15, 0.2) is 0 Å². The standard InChI is InChI=1S/C27H35N7O3/c1-3-23(4-2-20(1)31-27-30-6-5-21(32-27)19-33-9-13-35-14-10-33)37-25-18-22(34-11-15-36-16-12-34)17-24-26(25)29-8-7-28-24/h5-8,17-18,20,23H,1-4,9-16,19H2,(H,30,31,32). The molecule has 0 bridgehead atoms. The molecule has 4 heterocycles. The number of anilines is 2. The van der Waals surface area contributed by atoms with E-state index in [0.29, 0.717) is 6.04 Å². The van der Waals surface area contributed by atoms with Crippen LogP contribution in [0.1, 0.15) is 31.4 Å². The fraction of sp³-hybridized carbons (Fsp3) is 0.556. The summed E-state index contributed by atoms with van der Waals surface area (Å²) in [6, 6.07) is 6.58. The third-order valence-corrected chi connectivity index (χ3v) is 7.40. The minimum absolute atomic E-state index is 0.150. The number of ether oxygens (including phenoxy) is 3. The number of nitrogens with one attached hydrogen (secondary N) is 1. The molecule has 0 spiro atoms. The lowest BCUT2D eigenvalue weighted by atomic mass is 9.93. The number of hydrogen-bond acceptors (Lipinski definition) is 10. The average molecular weight is 506 g/mol. The minimum Gasteiger partial charge on any atom is -0.488 e. The summed E-state index contributed by atoms with van der Waals surface area (Å²) in [5, 5.41) is 3.56. The van der Waals surface area contributed by atoms with Crippen molar-refractivity contribution in [2.75, 3.05) is 62.8 Å². The van der Waals surface area contributed by atoms with Crippen molar-refractivity contribution >= 4 is 22.7 Å². The summed E-state index contributed by atoms with van der Waals surface area (Å²) in [5.41, 5.74) is 3.86. The van der Waals surface area contributed by atoms with Crippen LogP contribution in [0, 0.1) is 0 Å². The van der Waals surface area contributed by atoms with Crippen molar-refractivity contribution in [2.45, 2.75) is 44.4 Å². The minimum atomic E-state index is 0.150. The average Bonchev–Trinajstić information content (AvgIpc) is 2.95. The maximum Gasteiger partial charge on any atom is 0.223 e. The van der Waals surface area contributed by atoms with Gasteiger partial charge in [-0.15, -0.1) is 0 Å². The SMILES string of the molecule is c1cc(CN2CCOCC2)nc(NC2CCC(Oc3cc(N4CCOCC4)cc4nccnc34)CC2)n1. The highest BCUT2D eigenvalue weighted by molar-refractivity contribution is 5.85. The summed E-state index contributed by atoms with van der Waals surface area (Å²) in [7, 11) is 0. The molecule has 3 aromatic rings. The molecule has 10 heteroatoms. The van der Waals surface area contributed by atoms with E-state index in [4.69, 9.17) is 19.2 Å². The Labute approximate surface area is 217 Å². The van der Waals surface area contributed by atoms with Crippen molar-refractivity contribution in [2.24, 2.45) is 0 Å². The number of hydrogen-bond donors (Lipinski definition) is 1. The van der Waals surface area contributed by atoms with Crippen LogP contribution in [0.5, 0.6) is 5.75 Å². The molecule has 1 aliphatic carbocycles. The first kappa shape index (κ1) is 24.3. The Morgan fingerprint density at radius 3 is 2.43 bits per heavy atom. The van der Waals surface area contributed by atoms with Gasteiger partial charge in [-0.3, -0.25) is 9.88 Å². The van der Waals surface area contributed by atoms with Crippen LogP contribution in [0.2, 0.25) is 0 Å². The zero-order valence-electron chi connectivity index (χ0n) is 21.2. The van der Waals surface area contributed by atoms with Gasteiger partial charge in [-0.2, -0.15) is 0 Å². The molecule has 2 aliphatic heterocycles. The second-order valence-corrected chi connectivity index (χ2v) is 9.96. The van der Waals surface area contributed by atoms with Crippen molar-refractivity contribution in [3.05, 3.63) is 42.5 Å². The highest BCUT2D eigenvalue weighted by atomic mass is 16.5. The molecule has 0 radical (unpaired) electrons. The van der Waals surface area contributed by atoms with Crippen molar-refractivity contribution < 1.29 is 14.2 Å². The van der Waals surface area contributed by atoms with E-state index in [0.717, 1.165) is 119 Å². The summed E-state index contributed by atoms with van der Waals surface area (Å²) >= 11 is 0. The first-order valence-electron chi connectivity index (χ1n) is 13.4. The highest BCUT2D eigenvalue weighted by Crippen LogP contribution is 2.33. The van der Waals surface area contributed by atoms with Crippen LogP contribution in [0.25, 0.3) is 11.0 Å². The predicted molar refractivity (Wildman–Crippen MR) is 141 cm³/mol. The number of aromatic nitrogens is 4. The Morgan fingerprint density at radius 2 is 1.62 bits per heavy atom. The first-order chi connectivity index (χ1) is 18.3. The molecule has 2 saturated heterocycles. The van der Waals surface area contributed by atoms with Crippen molar-refractivity contribution in [1.29, 1.82) is 0 Å². The molecule has 1 aromatic carbocycles. The van der Waals surface area contributed by atoms with E-state index in [1.54, 1.807) is 12.4 Å². The smallest absolute Gasteiger partial charge is 0.223 e. The lowest BCUT2D eigenvalue weighted by molar-refractivity contribution is 0.0336.